The van der Waals surface area contributed by atoms with Gasteiger partial charge >= 0.3 is 0 Å². The van der Waals surface area contributed by atoms with Crippen LogP contribution in [0.15, 0.2) is 40.2 Å². The molecule has 2 unspecified atom stereocenters. The zero-order valence-corrected chi connectivity index (χ0v) is 11.8. The van der Waals surface area contributed by atoms with Crippen molar-refractivity contribution in [2.24, 2.45) is 5.73 Å². The first-order valence-corrected chi connectivity index (χ1v) is 7.54. The van der Waals surface area contributed by atoms with Crippen LogP contribution >= 0.6 is 11.8 Å². The Kier molecular flexibility index (Phi) is 3.62. The quantitative estimate of drug-likeness (QED) is 0.852. The molecule has 1 aliphatic rings. The van der Waals surface area contributed by atoms with Gasteiger partial charge in [0.15, 0.2) is 0 Å². The minimum absolute atomic E-state index is 0.0518. The first-order valence-electron chi connectivity index (χ1n) is 6.66. The van der Waals surface area contributed by atoms with E-state index in [1.807, 2.05) is 6.92 Å². The molecule has 0 saturated carbocycles. The van der Waals surface area contributed by atoms with E-state index in [4.69, 9.17) is 10.2 Å². The summed E-state index contributed by atoms with van der Waals surface area (Å²) in [6.07, 6.45) is 5.08. The molecule has 0 radical (unpaired) electrons. The molecule has 0 saturated heterocycles. The Morgan fingerprint density at radius 3 is 3.00 bits per heavy atom. The lowest BCUT2D eigenvalue weighted by Crippen LogP contribution is -2.23. The van der Waals surface area contributed by atoms with Gasteiger partial charge in [-0.25, -0.2) is 4.98 Å². The molecular formula is C15H18N2OS. The minimum Gasteiger partial charge on any atom is -0.440 e. The van der Waals surface area contributed by atoms with Gasteiger partial charge in [0.25, 0.3) is 5.22 Å². The Morgan fingerprint density at radius 1 is 1.37 bits per heavy atom. The number of nitrogens with zero attached hydrogens (tertiary/aromatic N) is 1. The molecule has 19 heavy (non-hydrogen) atoms. The van der Waals surface area contributed by atoms with Crippen molar-refractivity contribution in [3.63, 3.8) is 0 Å². The fourth-order valence-corrected chi connectivity index (χ4v) is 3.75. The lowest BCUT2D eigenvalue weighted by Gasteiger charge is -2.20. The molecular weight excluding hydrogens is 256 g/mol. The molecule has 1 aromatic carbocycles. The van der Waals surface area contributed by atoms with Gasteiger partial charge in [-0.15, -0.1) is 0 Å². The third-order valence-electron chi connectivity index (χ3n) is 3.60. The smallest absolute Gasteiger partial charge is 0.256 e. The van der Waals surface area contributed by atoms with Gasteiger partial charge in [-0.3, -0.25) is 0 Å². The van der Waals surface area contributed by atoms with E-state index in [0.717, 1.165) is 23.8 Å². The van der Waals surface area contributed by atoms with E-state index >= 15 is 0 Å². The fourth-order valence-electron chi connectivity index (χ4n) is 2.61. The van der Waals surface area contributed by atoms with Crippen LogP contribution < -0.4 is 5.73 Å². The summed E-state index contributed by atoms with van der Waals surface area (Å²) in [6.45, 7) is 1.94. The highest BCUT2D eigenvalue weighted by atomic mass is 32.2. The van der Waals surface area contributed by atoms with Crippen molar-refractivity contribution in [2.75, 3.05) is 0 Å². The number of nitrogens with two attached hydrogens (primary N) is 1. The number of thioether (sulfide) groups is 1. The molecule has 2 aromatic rings. The van der Waals surface area contributed by atoms with Crippen molar-refractivity contribution in [1.82, 2.24) is 4.98 Å². The molecule has 100 valence electrons. The van der Waals surface area contributed by atoms with Crippen LogP contribution in [0.5, 0.6) is 0 Å². The van der Waals surface area contributed by atoms with Gasteiger partial charge in [-0.05, 0) is 37.3 Å². The lowest BCUT2D eigenvalue weighted by atomic mass is 10.00. The largest absolute Gasteiger partial charge is 0.440 e. The average Bonchev–Trinajstić information content (AvgIpc) is 2.75. The van der Waals surface area contributed by atoms with Crippen molar-refractivity contribution in [3.8, 4) is 0 Å². The topological polar surface area (TPSA) is 52.0 Å². The molecule has 1 aromatic heterocycles. The molecule has 3 rings (SSSR count). The molecule has 0 spiro atoms. The zero-order valence-electron chi connectivity index (χ0n) is 11.0. The van der Waals surface area contributed by atoms with E-state index in [0.29, 0.717) is 5.25 Å². The van der Waals surface area contributed by atoms with Crippen molar-refractivity contribution in [2.45, 2.75) is 42.7 Å². The standard InChI is InChI=1S/C15H18N2OS/c1-10-9-18-15(17-10)19-13-8-4-6-11-5-2-3-7-12(11)14(13)16/h2-3,5,7,9,13-14H,4,6,8,16H2,1H3. The number of fused-ring (bicyclic) bond motifs is 1. The third-order valence-corrected chi connectivity index (χ3v) is 4.82. The van der Waals surface area contributed by atoms with E-state index in [-0.39, 0.29) is 6.04 Å². The number of benzene rings is 1. The molecule has 4 heteroatoms. The second kappa shape index (κ2) is 5.39. The summed E-state index contributed by atoms with van der Waals surface area (Å²) in [6, 6.07) is 8.56. The van der Waals surface area contributed by atoms with Gasteiger partial charge in [0.1, 0.15) is 6.26 Å². The Bertz CT molecular complexity index is 567. The van der Waals surface area contributed by atoms with Crippen LogP contribution in [0.3, 0.4) is 0 Å². The summed E-state index contributed by atoms with van der Waals surface area (Å²) in [5.74, 6) is 0. The Morgan fingerprint density at radius 2 is 2.21 bits per heavy atom. The lowest BCUT2D eigenvalue weighted by molar-refractivity contribution is 0.451. The van der Waals surface area contributed by atoms with Gasteiger partial charge in [-0.1, -0.05) is 36.0 Å². The average molecular weight is 274 g/mol. The van der Waals surface area contributed by atoms with Gasteiger partial charge in [0.2, 0.25) is 0 Å². The van der Waals surface area contributed by atoms with Crippen LogP contribution in [0, 0.1) is 6.92 Å². The number of rotatable bonds is 2. The van der Waals surface area contributed by atoms with Crippen LogP contribution in [0.2, 0.25) is 0 Å². The summed E-state index contributed by atoms with van der Waals surface area (Å²) in [7, 11) is 0. The Hall–Kier alpha value is -1.26. The minimum atomic E-state index is 0.0518. The van der Waals surface area contributed by atoms with Crippen LogP contribution in [-0.2, 0) is 6.42 Å². The number of aryl methyl sites for hydroxylation is 2. The van der Waals surface area contributed by atoms with Gasteiger partial charge in [-0.2, -0.15) is 0 Å². The summed E-state index contributed by atoms with van der Waals surface area (Å²) in [5.41, 5.74) is 10.0. The Labute approximate surface area is 117 Å². The van der Waals surface area contributed by atoms with Crippen molar-refractivity contribution >= 4 is 11.8 Å². The highest BCUT2D eigenvalue weighted by Crippen LogP contribution is 2.37. The predicted molar refractivity (Wildman–Crippen MR) is 77.2 cm³/mol. The molecule has 0 bridgehead atoms. The predicted octanol–water partition coefficient (Wildman–Crippen LogP) is 3.48. The highest BCUT2D eigenvalue weighted by Gasteiger charge is 2.26. The normalized spacial score (nSPS) is 22.8. The number of hydrogen-bond acceptors (Lipinski definition) is 4. The molecule has 0 aliphatic heterocycles. The van der Waals surface area contributed by atoms with E-state index in [2.05, 4.69) is 29.2 Å². The molecule has 1 aliphatic carbocycles. The van der Waals surface area contributed by atoms with E-state index in [1.165, 1.54) is 17.5 Å². The SMILES string of the molecule is Cc1coc(SC2CCCc3ccccc3C2N)n1. The van der Waals surface area contributed by atoms with E-state index in [1.54, 1.807) is 18.0 Å². The maximum absolute atomic E-state index is 6.45. The van der Waals surface area contributed by atoms with E-state index in [9.17, 15) is 0 Å². The van der Waals surface area contributed by atoms with Crippen LogP contribution in [0.4, 0.5) is 0 Å². The fraction of sp³-hybridized carbons (Fsp3) is 0.400. The Balaban J connectivity index is 1.83. The molecule has 0 amide bonds. The molecule has 3 nitrogen and oxygen atoms in total. The highest BCUT2D eigenvalue weighted by molar-refractivity contribution is 7.99. The first-order chi connectivity index (χ1) is 9.24. The molecule has 2 N–H and O–H groups in total. The van der Waals surface area contributed by atoms with Gasteiger partial charge < -0.3 is 10.2 Å². The molecule has 1 heterocycles. The second-order valence-corrected chi connectivity index (χ2v) is 6.22. The summed E-state index contributed by atoms with van der Waals surface area (Å²) < 4.78 is 5.44. The molecule has 2 atom stereocenters. The van der Waals surface area contributed by atoms with Crippen molar-refractivity contribution in [1.29, 1.82) is 0 Å². The van der Waals surface area contributed by atoms with Gasteiger partial charge in [0.05, 0.1) is 5.69 Å². The summed E-state index contributed by atoms with van der Waals surface area (Å²) in [4.78, 5) is 4.37. The maximum Gasteiger partial charge on any atom is 0.256 e. The second-order valence-electron chi connectivity index (χ2n) is 5.03. The maximum atomic E-state index is 6.45. The third kappa shape index (κ3) is 2.69. The first kappa shape index (κ1) is 12.8. The number of oxazole rings is 1. The van der Waals surface area contributed by atoms with E-state index < -0.39 is 0 Å². The van der Waals surface area contributed by atoms with Crippen LogP contribution in [-0.4, -0.2) is 10.2 Å². The number of aromatic nitrogens is 1. The molecule has 0 fully saturated rings. The van der Waals surface area contributed by atoms with Crippen LogP contribution in [0.1, 0.15) is 35.7 Å². The van der Waals surface area contributed by atoms with Crippen molar-refractivity contribution in [3.05, 3.63) is 47.3 Å². The van der Waals surface area contributed by atoms with Crippen LogP contribution in [0.25, 0.3) is 0 Å². The number of hydrogen-bond donors (Lipinski definition) is 1. The zero-order chi connectivity index (χ0) is 13.2. The van der Waals surface area contributed by atoms with Crippen molar-refractivity contribution < 1.29 is 4.42 Å². The summed E-state index contributed by atoms with van der Waals surface area (Å²) in [5, 5.41) is 1.07. The summed E-state index contributed by atoms with van der Waals surface area (Å²) >= 11 is 1.67. The van der Waals surface area contributed by atoms with Gasteiger partial charge in [0, 0.05) is 11.3 Å². The monoisotopic (exact) mass is 274 g/mol.